The van der Waals surface area contributed by atoms with Crippen molar-refractivity contribution in [2.75, 3.05) is 4.72 Å². The third-order valence-corrected chi connectivity index (χ3v) is 4.50. The van der Waals surface area contributed by atoms with Gasteiger partial charge in [0.15, 0.2) is 0 Å². The van der Waals surface area contributed by atoms with E-state index in [9.17, 15) is 13.2 Å². The molecule has 0 saturated carbocycles. The van der Waals surface area contributed by atoms with Gasteiger partial charge in [0.05, 0.1) is 16.8 Å². The van der Waals surface area contributed by atoms with Crippen LogP contribution in [0.2, 0.25) is 0 Å². The third-order valence-electron chi connectivity index (χ3n) is 3.64. The summed E-state index contributed by atoms with van der Waals surface area (Å²) >= 11 is 1.19. The lowest BCUT2D eigenvalue weighted by molar-refractivity contribution is -0.137. The highest BCUT2D eigenvalue weighted by Crippen LogP contribution is 2.46. The van der Waals surface area contributed by atoms with Gasteiger partial charge < -0.3 is 4.72 Å². The van der Waals surface area contributed by atoms with Crippen LogP contribution in [-0.4, -0.2) is 4.98 Å². The first-order valence-corrected chi connectivity index (χ1v) is 7.38. The van der Waals surface area contributed by atoms with Gasteiger partial charge in [0, 0.05) is 22.0 Å². The van der Waals surface area contributed by atoms with E-state index in [4.69, 9.17) is 0 Å². The molecule has 1 N–H and O–H groups in total. The van der Waals surface area contributed by atoms with Crippen molar-refractivity contribution in [3.05, 3.63) is 54.2 Å². The van der Waals surface area contributed by atoms with Gasteiger partial charge in [0.25, 0.3) is 0 Å². The minimum atomic E-state index is -4.33. The molecule has 3 aromatic rings. The molecule has 0 amide bonds. The molecule has 0 unspecified atom stereocenters. The fraction of sp³-hybridized carbons (Fsp3) is 0.0625. The normalized spacial score (nSPS) is 13.4. The predicted molar refractivity (Wildman–Crippen MR) is 81.7 cm³/mol. The van der Waals surface area contributed by atoms with E-state index >= 15 is 0 Å². The first kappa shape index (κ1) is 13.5. The fourth-order valence-corrected chi connectivity index (χ4v) is 3.48. The van der Waals surface area contributed by atoms with Crippen LogP contribution in [0.4, 0.5) is 18.9 Å². The molecule has 0 aliphatic carbocycles. The van der Waals surface area contributed by atoms with E-state index in [1.807, 2.05) is 24.3 Å². The number of rotatable bonds is 0. The molecule has 2 heterocycles. The Kier molecular flexibility index (Phi) is 2.84. The first-order chi connectivity index (χ1) is 10.5. The Bertz CT molecular complexity index is 890. The van der Waals surface area contributed by atoms with Crippen LogP contribution in [-0.2, 0) is 6.18 Å². The van der Waals surface area contributed by atoms with E-state index in [1.165, 1.54) is 24.1 Å². The highest BCUT2D eigenvalue weighted by molar-refractivity contribution is 8.00. The number of hydrogen-bond acceptors (Lipinski definition) is 3. The topological polar surface area (TPSA) is 24.9 Å². The van der Waals surface area contributed by atoms with Gasteiger partial charge >= 0.3 is 6.18 Å². The van der Waals surface area contributed by atoms with Crippen LogP contribution in [0.25, 0.3) is 22.0 Å². The van der Waals surface area contributed by atoms with Crippen LogP contribution in [0.1, 0.15) is 5.56 Å². The monoisotopic (exact) mass is 318 g/mol. The number of halogens is 3. The van der Waals surface area contributed by atoms with Crippen LogP contribution in [0.3, 0.4) is 0 Å². The van der Waals surface area contributed by atoms with Crippen molar-refractivity contribution in [3.63, 3.8) is 0 Å². The summed E-state index contributed by atoms with van der Waals surface area (Å²) in [5.41, 5.74) is 2.68. The molecule has 0 spiro atoms. The maximum atomic E-state index is 12.8. The van der Waals surface area contributed by atoms with Crippen molar-refractivity contribution in [2.45, 2.75) is 11.1 Å². The summed E-state index contributed by atoms with van der Waals surface area (Å²) in [6, 6.07) is 11.5. The number of anilines is 1. The molecule has 22 heavy (non-hydrogen) atoms. The lowest BCUT2D eigenvalue weighted by Gasteiger charge is -2.22. The van der Waals surface area contributed by atoms with Gasteiger partial charge in [-0.15, -0.1) is 0 Å². The summed E-state index contributed by atoms with van der Waals surface area (Å²) in [5.74, 6) is 0. The molecule has 2 nitrogen and oxygen atoms in total. The zero-order valence-electron chi connectivity index (χ0n) is 11.1. The van der Waals surface area contributed by atoms with Crippen LogP contribution < -0.4 is 4.72 Å². The molecular formula is C16H9F3N2S. The van der Waals surface area contributed by atoms with Crippen molar-refractivity contribution in [2.24, 2.45) is 0 Å². The minimum Gasteiger partial charge on any atom is -0.323 e. The number of pyridine rings is 1. The number of benzene rings is 2. The molecule has 0 bridgehead atoms. The summed E-state index contributed by atoms with van der Waals surface area (Å²) in [5, 5.41) is 0.990. The van der Waals surface area contributed by atoms with Gasteiger partial charge in [-0.1, -0.05) is 24.3 Å². The SMILES string of the molecule is FC(F)(F)c1ccc2c(c1)SNc1c-2ccc2cccnc12. The van der Waals surface area contributed by atoms with Crippen LogP contribution >= 0.6 is 11.9 Å². The molecular weight excluding hydrogens is 309 g/mol. The van der Waals surface area contributed by atoms with Gasteiger partial charge in [-0.25, -0.2) is 0 Å². The third kappa shape index (κ3) is 2.02. The minimum absolute atomic E-state index is 0.567. The van der Waals surface area contributed by atoms with Crippen molar-refractivity contribution in [3.8, 4) is 11.1 Å². The fourth-order valence-electron chi connectivity index (χ4n) is 2.58. The summed E-state index contributed by atoms with van der Waals surface area (Å²) in [4.78, 5) is 4.94. The lowest BCUT2D eigenvalue weighted by Crippen LogP contribution is -2.07. The van der Waals surface area contributed by atoms with E-state index < -0.39 is 11.7 Å². The van der Waals surface area contributed by atoms with Crippen molar-refractivity contribution in [1.29, 1.82) is 0 Å². The number of fused-ring (bicyclic) bond motifs is 5. The van der Waals surface area contributed by atoms with Gasteiger partial charge in [-0.3, -0.25) is 4.98 Å². The Morgan fingerprint density at radius 3 is 2.64 bits per heavy atom. The highest BCUT2D eigenvalue weighted by atomic mass is 32.2. The number of hydrogen-bond donors (Lipinski definition) is 1. The van der Waals surface area contributed by atoms with Crippen LogP contribution in [0.5, 0.6) is 0 Å². The van der Waals surface area contributed by atoms with Crippen LogP contribution in [0, 0.1) is 0 Å². The van der Waals surface area contributed by atoms with Gasteiger partial charge in [0.2, 0.25) is 0 Å². The largest absolute Gasteiger partial charge is 0.416 e. The van der Waals surface area contributed by atoms with Gasteiger partial charge in [0.1, 0.15) is 0 Å². The number of nitrogens with zero attached hydrogens (tertiary/aromatic N) is 1. The Hall–Kier alpha value is -2.21. The second-order valence-corrected chi connectivity index (χ2v) is 5.82. The van der Waals surface area contributed by atoms with Gasteiger partial charge in [-0.05, 0) is 35.7 Å². The van der Waals surface area contributed by atoms with E-state index in [0.717, 1.165) is 33.8 Å². The zero-order valence-corrected chi connectivity index (χ0v) is 11.9. The van der Waals surface area contributed by atoms with Crippen molar-refractivity contribution in [1.82, 2.24) is 4.98 Å². The number of nitrogens with one attached hydrogen (secondary N) is 1. The molecule has 1 aliphatic rings. The molecule has 4 rings (SSSR count). The van der Waals surface area contributed by atoms with Crippen molar-refractivity contribution >= 4 is 28.5 Å². The number of aromatic nitrogens is 1. The standard InChI is InChI=1S/C16H9F3N2S/c17-16(18,19)10-4-6-11-12-5-3-9-2-1-7-20-14(9)15(12)21-22-13(11)8-10/h1-8,21H. The summed E-state index contributed by atoms with van der Waals surface area (Å²) < 4.78 is 41.6. The molecule has 0 saturated heterocycles. The molecule has 6 heteroatoms. The summed E-state index contributed by atoms with van der Waals surface area (Å²) in [7, 11) is 0. The Morgan fingerprint density at radius 1 is 1.00 bits per heavy atom. The second kappa shape index (κ2) is 4.64. The highest BCUT2D eigenvalue weighted by Gasteiger charge is 2.32. The van der Waals surface area contributed by atoms with Gasteiger partial charge in [-0.2, -0.15) is 13.2 Å². The molecule has 1 aromatic heterocycles. The molecule has 0 fully saturated rings. The Balaban J connectivity index is 1.93. The average molecular weight is 318 g/mol. The smallest absolute Gasteiger partial charge is 0.323 e. The Morgan fingerprint density at radius 2 is 1.82 bits per heavy atom. The van der Waals surface area contributed by atoms with E-state index in [-0.39, 0.29) is 0 Å². The lowest BCUT2D eigenvalue weighted by atomic mass is 9.99. The summed E-state index contributed by atoms with van der Waals surface area (Å²) in [6.07, 6.45) is -2.63. The molecule has 2 aromatic carbocycles. The maximum absolute atomic E-state index is 12.8. The maximum Gasteiger partial charge on any atom is 0.416 e. The Labute approximate surface area is 128 Å². The summed E-state index contributed by atoms with van der Waals surface area (Å²) in [6.45, 7) is 0. The predicted octanol–water partition coefficient (Wildman–Crippen LogP) is 5.35. The molecule has 110 valence electrons. The van der Waals surface area contributed by atoms with Crippen LogP contribution in [0.15, 0.2) is 53.6 Å². The zero-order chi connectivity index (χ0) is 15.3. The molecule has 0 atom stereocenters. The van der Waals surface area contributed by atoms with E-state index in [0.29, 0.717) is 4.90 Å². The number of alkyl halides is 3. The molecule has 0 radical (unpaired) electrons. The van der Waals surface area contributed by atoms with E-state index in [1.54, 1.807) is 6.20 Å². The average Bonchev–Trinajstić information content (AvgIpc) is 2.52. The second-order valence-electron chi connectivity index (χ2n) is 4.98. The molecule has 1 aliphatic heterocycles. The first-order valence-electron chi connectivity index (χ1n) is 6.56. The van der Waals surface area contributed by atoms with Crippen molar-refractivity contribution < 1.29 is 13.2 Å². The quantitative estimate of drug-likeness (QED) is 0.565. The van der Waals surface area contributed by atoms with E-state index in [2.05, 4.69) is 9.71 Å².